The predicted octanol–water partition coefficient (Wildman–Crippen LogP) is 1.51. The van der Waals surface area contributed by atoms with E-state index in [0.29, 0.717) is 0 Å². The Bertz CT molecular complexity index is 185. The number of hydrogen-bond acceptors (Lipinski definition) is 4. The molecule has 2 atom stereocenters. The number of unbranched alkanes of at least 4 members (excludes halogenated alkanes) is 3. The first-order chi connectivity index (χ1) is 7.74. The smallest absolute Gasteiger partial charge is 0.100 e. The van der Waals surface area contributed by atoms with Gasteiger partial charge in [-0.2, -0.15) is 0 Å². The van der Waals surface area contributed by atoms with Crippen LogP contribution in [0.3, 0.4) is 0 Å². The summed E-state index contributed by atoms with van der Waals surface area (Å²) in [4.78, 5) is 0. The zero-order valence-corrected chi connectivity index (χ0v) is 9.77. The molecule has 4 nitrogen and oxygen atoms in total. The Morgan fingerprint density at radius 3 is 2.62 bits per heavy atom. The molecule has 94 valence electrons. The molecule has 0 aromatic carbocycles. The first-order valence-electron chi connectivity index (χ1n) is 5.76. The molecule has 0 saturated carbocycles. The van der Waals surface area contributed by atoms with Crippen LogP contribution in [0.5, 0.6) is 0 Å². The van der Waals surface area contributed by atoms with E-state index >= 15 is 0 Å². The SMILES string of the molecule is C=CC(CCCCCC=N)OCC(O)CO. The van der Waals surface area contributed by atoms with Crippen molar-refractivity contribution < 1.29 is 14.9 Å². The van der Waals surface area contributed by atoms with E-state index in [1.54, 1.807) is 6.08 Å². The van der Waals surface area contributed by atoms with Crippen molar-refractivity contribution in [2.24, 2.45) is 0 Å². The molecule has 2 unspecified atom stereocenters. The van der Waals surface area contributed by atoms with E-state index < -0.39 is 6.10 Å². The second-order valence-electron chi connectivity index (χ2n) is 3.79. The molecule has 0 aromatic rings. The zero-order chi connectivity index (χ0) is 12.2. The van der Waals surface area contributed by atoms with Crippen LogP contribution in [0.25, 0.3) is 0 Å². The lowest BCUT2D eigenvalue weighted by molar-refractivity contribution is -0.0163. The van der Waals surface area contributed by atoms with E-state index in [4.69, 9.17) is 20.4 Å². The fourth-order valence-corrected chi connectivity index (χ4v) is 1.33. The summed E-state index contributed by atoms with van der Waals surface area (Å²) in [7, 11) is 0. The number of aliphatic hydroxyl groups excluding tert-OH is 2. The minimum Gasteiger partial charge on any atom is -0.394 e. The molecule has 4 heteroatoms. The van der Waals surface area contributed by atoms with Gasteiger partial charge in [-0.05, 0) is 25.5 Å². The van der Waals surface area contributed by atoms with Gasteiger partial charge in [0.05, 0.1) is 19.3 Å². The fraction of sp³-hybridized carbons (Fsp3) is 0.750. The van der Waals surface area contributed by atoms with Gasteiger partial charge in [0.25, 0.3) is 0 Å². The number of aliphatic hydroxyl groups is 2. The molecule has 16 heavy (non-hydrogen) atoms. The van der Waals surface area contributed by atoms with E-state index in [2.05, 4.69) is 6.58 Å². The van der Waals surface area contributed by atoms with Crippen molar-refractivity contribution in [2.45, 2.75) is 44.3 Å². The third-order valence-electron chi connectivity index (χ3n) is 2.31. The van der Waals surface area contributed by atoms with Gasteiger partial charge >= 0.3 is 0 Å². The number of rotatable bonds is 11. The number of nitrogens with one attached hydrogen (secondary N) is 1. The highest BCUT2D eigenvalue weighted by atomic mass is 16.5. The Balaban J connectivity index is 3.51. The summed E-state index contributed by atoms with van der Waals surface area (Å²) in [5.41, 5.74) is 0. The minimum absolute atomic E-state index is 0.0545. The third kappa shape index (κ3) is 8.59. The summed E-state index contributed by atoms with van der Waals surface area (Å²) in [5, 5.41) is 24.6. The van der Waals surface area contributed by atoms with Gasteiger partial charge in [-0.15, -0.1) is 6.58 Å². The monoisotopic (exact) mass is 229 g/mol. The Morgan fingerprint density at radius 2 is 2.06 bits per heavy atom. The van der Waals surface area contributed by atoms with Crippen LogP contribution >= 0.6 is 0 Å². The lowest BCUT2D eigenvalue weighted by Gasteiger charge is -2.15. The van der Waals surface area contributed by atoms with E-state index in [1.807, 2.05) is 0 Å². The summed E-state index contributed by atoms with van der Waals surface area (Å²) in [6.45, 7) is 3.55. The maximum absolute atomic E-state index is 9.11. The van der Waals surface area contributed by atoms with Crippen LogP contribution in [0, 0.1) is 5.41 Å². The van der Waals surface area contributed by atoms with Crippen molar-refractivity contribution in [1.82, 2.24) is 0 Å². The van der Waals surface area contributed by atoms with Gasteiger partial charge in [0.15, 0.2) is 0 Å². The Labute approximate surface area is 97.5 Å². The molecule has 0 aliphatic rings. The molecule has 0 rings (SSSR count). The third-order valence-corrected chi connectivity index (χ3v) is 2.31. The first kappa shape index (κ1) is 15.3. The number of hydrogen-bond donors (Lipinski definition) is 3. The standard InChI is InChI=1S/C12H23NO3/c1-2-12(16-10-11(15)9-14)7-5-3-4-6-8-13/h2,8,11-15H,1,3-7,9-10H2. The molecule has 0 aromatic heterocycles. The fourth-order valence-electron chi connectivity index (χ4n) is 1.33. The molecule has 0 radical (unpaired) electrons. The van der Waals surface area contributed by atoms with Crippen LogP contribution in [0.15, 0.2) is 12.7 Å². The molecule has 0 heterocycles. The summed E-state index contributed by atoms with van der Waals surface area (Å²) in [6.07, 6.45) is 7.14. The minimum atomic E-state index is -0.805. The van der Waals surface area contributed by atoms with Crippen LogP contribution in [-0.2, 0) is 4.74 Å². The van der Waals surface area contributed by atoms with Gasteiger partial charge in [0, 0.05) is 0 Å². The molecule has 0 bridgehead atoms. The van der Waals surface area contributed by atoms with Crippen LogP contribution in [-0.4, -0.2) is 41.8 Å². The first-order valence-corrected chi connectivity index (χ1v) is 5.76. The van der Waals surface area contributed by atoms with Crippen molar-refractivity contribution in [2.75, 3.05) is 13.2 Å². The molecule has 0 spiro atoms. The molecule has 0 aliphatic heterocycles. The van der Waals surface area contributed by atoms with Gasteiger partial charge in [-0.1, -0.05) is 18.9 Å². The van der Waals surface area contributed by atoms with Gasteiger partial charge in [-0.3, -0.25) is 0 Å². The normalized spacial score (nSPS) is 14.4. The molecule has 0 amide bonds. The zero-order valence-electron chi connectivity index (χ0n) is 9.77. The topological polar surface area (TPSA) is 73.5 Å². The Hall–Kier alpha value is -0.710. The maximum Gasteiger partial charge on any atom is 0.100 e. The molecule has 0 saturated heterocycles. The Kier molecular flexibility index (Phi) is 10.3. The van der Waals surface area contributed by atoms with Crippen molar-refractivity contribution in [3.8, 4) is 0 Å². The van der Waals surface area contributed by atoms with Gasteiger partial charge < -0.3 is 20.4 Å². The lowest BCUT2D eigenvalue weighted by atomic mass is 10.1. The van der Waals surface area contributed by atoms with E-state index in [9.17, 15) is 0 Å². The highest BCUT2D eigenvalue weighted by Crippen LogP contribution is 2.09. The van der Waals surface area contributed by atoms with E-state index in [-0.39, 0.29) is 19.3 Å². The second kappa shape index (κ2) is 10.8. The van der Waals surface area contributed by atoms with Crippen LogP contribution in [0.2, 0.25) is 0 Å². The summed E-state index contributed by atoms with van der Waals surface area (Å²) < 4.78 is 5.38. The molecule has 0 aliphatic carbocycles. The summed E-state index contributed by atoms with van der Waals surface area (Å²) in [5.74, 6) is 0. The molecular weight excluding hydrogens is 206 g/mol. The van der Waals surface area contributed by atoms with Crippen LogP contribution < -0.4 is 0 Å². The predicted molar refractivity (Wildman–Crippen MR) is 64.9 cm³/mol. The van der Waals surface area contributed by atoms with Crippen molar-refractivity contribution >= 4 is 6.21 Å². The average Bonchev–Trinajstić information content (AvgIpc) is 2.32. The molecule has 3 N–H and O–H groups in total. The average molecular weight is 229 g/mol. The van der Waals surface area contributed by atoms with Crippen LogP contribution in [0.4, 0.5) is 0 Å². The van der Waals surface area contributed by atoms with Crippen molar-refractivity contribution in [1.29, 1.82) is 5.41 Å². The molecular formula is C12H23NO3. The van der Waals surface area contributed by atoms with Gasteiger partial charge in [0.2, 0.25) is 0 Å². The summed E-state index contributed by atoms with van der Waals surface area (Å²) >= 11 is 0. The largest absolute Gasteiger partial charge is 0.394 e. The van der Waals surface area contributed by atoms with E-state index in [1.165, 1.54) is 6.21 Å². The van der Waals surface area contributed by atoms with Crippen molar-refractivity contribution in [3.63, 3.8) is 0 Å². The maximum atomic E-state index is 9.11. The Morgan fingerprint density at radius 1 is 1.31 bits per heavy atom. The highest BCUT2D eigenvalue weighted by Gasteiger charge is 2.07. The second-order valence-corrected chi connectivity index (χ2v) is 3.79. The van der Waals surface area contributed by atoms with Crippen LogP contribution in [0.1, 0.15) is 32.1 Å². The lowest BCUT2D eigenvalue weighted by Crippen LogP contribution is -2.23. The van der Waals surface area contributed by atoms with Crippen molar-refractivity contribution in [3.05, 3.63) is 12.7 Å². The number of ether oxygens (including phenoxy) is 1. The van der Waals surface area contributed by atoms with Gasteiger partial charge in [0.1, 0.15) is 6.10 Å². The summed E-state index contributed by atoms with van der Waals surface area (Å²) in [6, 6.07) is 0. The molecule has 0 fully saturated rings. The quantitative estimate of drug-likeness (QED) is 0.286. The van der Waals surface area contributed by atoms with Gasteiger partial charge in [-0.25, -0.2) is 0 Å². The highest BCUT2D eigenvalue weighted by molar-refractivity contribution is 5.52. The van der Waals surface area contributed by atoms with E-state index in [0.717, 1.165) is 32.1 Å².